The Morgan fingerprint density at radius 3 is 2.04 bits per heavy atom. The number of anilines is 2. The standard InChI is InChI=1S/C56H57N7O11/c1-9-58-56(68)53(62-57-4)63(32-38-26-42(33(2)3)47(65)30-46(38)64)39-18-22-41(23-19-39)73-40-20-15-35(16-21-40)54(66)61-45(25-34-13-11-10-12-14-34)55(67)60-44-27-36(17-24-48(44)69-5)43-31-59-74-51(43)37-28-49(70-6)52(72-8)50(29-37)71-7/h10-24,26-31,33,45,64-65H,4,9,25,32H2,1-3,5-8H3,(H,58,68)(H,60,67)(H,61,66)/b62-53-. The molecule has 18 heteroatoms. The molecule has 0 spiro atoms. The predicted octanol–water partition coefficient (Wildman–Crippen LogP) is 9.51. The number of nitrogens with zero attached hydrogens (tertiary/aromatic N) is 4. The van der Waals surface area contributed by atoms with Crippen molar-refractivity contribution in [2.45, 2.75) is 45.7 Å². The van der Waals surface area contributed by atoms with Gasteiger partial charge in [0.25, 0.3) is 11.8 Å². The molecule has 382 valence electrons. The molecule has 3 amide bonds. The van der Waals surface area contributed by atoms with Crippen LogP contribution in [0.3, 0.4) is 0 Å². The van der Waals surface area contributed by atoms with Gasteiger partial charge in [-0.1, -0.05) is 55.4 Å². The maximum Gasteiger partial charge on any atom is 0.289 e. The Balaban J connectivity index is 1.09. The van der Waals surface area contributed by atoms with Crippen LogP contribution in [0.5, 0.6) is 46.0 Å². The van der Waals surface area contributed by atoms with E-state index in [4.69, 9.17) is 28.2 Å². The molecule has 5 N–H and O–H groups in total. The van der Waals surface area contributed by atoms with Crippen molar-refractivity contribution in [3.05, 3.63) is 150 Å². The van der Waals surface area contributed by atoms with E-state index in [1.54, 1.807) is 96.9 Å². The number of carbonyl (C=O) groups is 3. The zero-order valence-corrected chi connectivity index (χ0v) is 42.0. The number of benzene rings is 6. The zero-order chi connectivity index (χ0) is 52.9. The summed E-state index contributed by atoms with van der Waals surface area (Å²) in [5, 5.41) is 41.8. The summed E-state index contributed by atoms with van der Waals surface area (Å²) in [4.78, 5) is 43.1. The highest BCUT2D eigenvalue weighted by Gasteiger charge is 2.27. The summed E-state index contributed by atoms with van der Waals surface area (Å²) < 4.78 is 34.2. The average molecular weight is 1000 g/mol. The van der Waals surface area contributed by atoms with Gasteiger partial charge in [0.05, 0.1) is 46.9 Å². The van der Waals surface area contributed by atoms with Gasteiger partial charge < -0.3 is 59.3 Å². The van der Waals surface area contributed by atoms with Crippen LogP contribution in [-0.2, 0) is 22.6 Å². The van der Waals surface area contributed by atoms with Crippen molar-refractivity contribution in [3.8, 4) is 68.4 Å². The molecule has 0 saturated heterocycles. The van der Waals surface area contributed by atoms with Gasteiger partial charge in [0.2, 0.25) is 17.5 Å². The second-order valence-corrected chi connectivity index (χ2v) is 16.9. The van der Waals surface area contributed by atoms with Gasteiger partial charge in [-0.3, -0.25) is 14.4 Å². The monoisotopic (exact) mass is 1000 g/mol. The van der Waals surface area contributed by atoms with Crippen molar-refractivity contribution in [2.75, 3.05) is 45.2 Å². The number of likely N-dealkylation sites (N-methyl/N-ethyl adjacent to an activating group) is 1. The Labute approximate surface area is 428 Å². The van der Waals surface area contributed by atoms with E-state index in [2.05, 4.69) is 38.0 Å². The number of ether oxygens (including phenoxy) is 5. The Kier molecular flexibility index (Phi) is 17.2. The van der Waals surface area contributed by atoms with Crippen LogP contribution in [0.2, 0.25) is 0 Å². The van der Waals surface area contributed by atoms with Crippen molar-refractivity contribution in [1.29, 1.82) is 0 Å². The maximum absolute atomic E-state index is 14.3. The highest BCUT2D eigenvalue weighted by Crippen LogP contribution is 2.44. The summed E-state index contributed by atoms with van der Waals surface area (Å²) in [7, 11) is 6.05. The molecule has 0 aliphatic heterocycles. The maximum atomic E-state index is 14.3. The molecule has 1 heterocycles. The van der Waals surface area contributed by atoms with Crippen LogP contribution in [0.25, 0.3) is 22.5 Å². The van der Waals surface area contributed by atoms with E-state index in [0.29, 0.717) is 86.0 Å². The number of amidine groups is 1. The number of carbonyl (C=O) groups excluding carboxylic acids is 3. The Hall–Kier alpha value is -9.32. The van der Waals surface area contributed by atoms with Crippen molar-refractivity contribution in [2.24, 2.45) is 10.2 Å². The number of phenols is 2. The molecule has 1 aromatic heterocycles. The lowest BCUT2D eigenvalue weighted by Crippen LogP contribution is -2.45. The van der Waals surface area contributed by atoms with E-state index in [0.717, 1.165) is 5.56 Å². The molecule has 7 rings (SSSR count). The molecule has 0 aliphatic carbocycles. The number of aromatic nitrogens is 1. The topological polar surface area (TPSA) is 228 Å². The molecule has 74 heavy (non-hydrogen) atoms. The number of hydrogen-bond donors (Lipinski definition) is 5. The van der Waals surface area contributed by atoms with Gasteiger partial charge in [-0.25, -0.2) is 0 Å². The van der Waals surface area contributed by atoms with Gasteiger partial charge in [-0.15, -0.1) is 5.10 Å². The quantitative estimate of drug-likeness (QED) is 0.0273. The van der Waals surface area contributed by atoms with E-state index in [1.807, 2.05) is 50.2 Å². The fourth-order valence-corrected chi connectivity index (χ4v) is 8.08. The van der Waals surface area contributed by atoms with Gasteiger partial charge >= 0.3 is 0 Å². The highest BCUT2D eigenvalue weighted by molar-refractivity contribution is 6.43. The molecule has 6 aromatic carbocycles. The van der Waals surface area contributed by atoms with E-state index in [9.17, 15) is 24.6 Å². The third-order valence-electron chi connectivity index (χ3n) is 11.8. The number of nitrogens with one attached hydrogen (secondary N) is 3. The summed E-state index contributed by atoms with van der Waals surface area (Å²) in [5.74, 6) is 1.02. The molecule has 7 aromatic rings. The molecule has 0 saturated carbocycles. The van der Waals surface area contributed by atoms with Crippen molar-refractivity contribution >= 4 is 41.6 Å². The molecule has 1 unspecified atom stereocenters. The molecule has 1 atom stereocenters. The van der Waals surface area contributed by atoms with Crippen LogP contribution >= 0.6 is 0 Å². The number of hydrogen-bond acceptors (Lipinski definition) is 14. The lowest BCUT2D eigenvalue weighted by Gasteiger charge is -2.26. The van der Waals surface area contributed by atoms with Crippen LogP contribution in [0.1, 0.15) is 53.7 Å². The Morgan fingerprint density at radius 2 is 1.43 bits per heavy atom. The SMILES string of the molecule is C=N/N=C(/C(=O)NCC)N(Cc1cc(C(C)C)c(O)cc1O)c1ccc(Oc2ccc(C(=O)NC(Cc3ccccc3)C(=O)Nc3cc(-c4cnoc4-c4cc(OC)c(OC)c(OC)c4)ccc3OC)cc2)cc1. The third-order valence-corrected chi connectivity index (χ3v) is 11.8. The molecule has 18 nitrogen and oxygen atoms in total. The number of rotatable bonds is 20. The minimum absolute atomic E-state index is 0.0136. The van der Waals surface area contributed by atoms with Gasteiger partial charge in [0.15, 0.2) is 17.3 Å². The fraction of sp³-hybridized carbons (Fsp3) is 0.214. The highest BCUT2D eigenvalue weighted by atomic mass is 16.5. The molecule has 0 fully saturated rings. The minimum atomic E-state index is -1.03. The van der Waals surface area contributed by atoms with Crippen molar-refractivity contribution in [3.63, 3.8) is 0 Å². The van der Waals surface area contributed by atoms with Crippen LogP contribution in [0.4, 0.5) is 11.4 Å². The Bertz CT molecular complexity index is 3110. The molecule has 0 aliphatic rings. The summed E-state index contributed by atoms with van der Waals surface area (Å²) in [5.41, 5.74) is 4.83. The summed E-state index contributed by atoms with van der Waals surface area (Å²) in [6, 6.07) is 33.2. The zero-order valence-electron chi connectivity index (χ0n) is 42.0. The largest absolute Gasteiger partial charge is 0.508 e. The number of aromatic hydroxyl groups is 2. The summed E-state index contributed by atoms with van der Waals surface area (Å²) in [6.45, 7) is 9.37. The van der Waals surface area contributed by atoms with Crippen LogP contribution in [0.15, 0.2) is 142 Å². The fourth-order valence-electron chi connectivity index (χ4n) is 8.08. The molecule has 0 bridgehead atoms. The summed E-state index contributed by atoms with van der Waals surface area (Å²) in [6.07, 6.45) is 1.73. The molecule has 0 radical (unpaired) electrons. The van der Waals surface area contributed by atoms with E-state index in [1.165, 1.54) is 34.5 Å². The second-order valence-electron chi connectivity index (χ2n) is 16.9. The first-order valence-electron chi connectivity index (χ1n) is 23.4. The van der Waals surface area contributed by atoms with Crippen LogP contribution in [0, 0.1) is 0 Å². The predicted molar refractivity (Wildman–Crippen MR) is 282 cm³/mol. The molecular weight excluding hydrogens is 947 g/mol. The van der Waals surface area contributed by atoms with Crippen molar-refractivity contribution < 1.29 is 52.8 Å². The first kappa shape index (κ1) is 52.5. The number of amides is 3. The van der Waals surface area contributed by atoms with Gasteiger partial charge in [0.1, 0.15) is 34.8 Å². The van der Waals surface area contributed by atoms with Gasteiger partial charge in [0, 0.05) is 53.7 Å². The smallest absolute Gasteiger partial charge is 0.289 e. The van der Waals surface area contributed by atoms with E-state index >= 15 is 0 Å². The van der Waals surface area contributed by atoms with E-state index < -0.39 is 23.8 Å². The van der Waals surface area contributed by atoms with Gasteiger partial charge in [-0.2, -0.15) is 5.10 Å². The Morgan fingerprint density at radius 1 is 0.770 bits per heavy atom. The lowest BCUT2D eigenvalue weighted by atomic mass is 9.98. The van der Waals surface area contributed by atoms with Crippen LogP contribution < -0.4 is 44.5 Å². The number of phenolic OH excluding ortho intramolecular Hbond substituents is 2. The van der Waals surface area contributed by atoms with Gasteiger partial charge in [-0.05, 0) is 108 Å². The first-order valence-corrected chi connectivity index (χ1v) is 23.4. The first-order chi connectivity index (χ1) is 35.8. The second kappa shape index (κ2) is 24.2. The van der Waals surface area contributed by atoms with Crippen LogP contribution in [-0.4, -0.2) is 86.7 Å². The van der Waals surface area contributed by atoms with E-state index in [-0.39, 0.29) is 41.8 Å². The third kappa shape index (κ3) is 12.2. The average Bonchev–Trinajstić information content (AvgIpc) is 3.91. The normalized spacial score (nSPS) is 11.5. The number of methoxy groups -OCH3 is 4. The summed E-state index contributed by atoms with van der Waals surface area (Å²) >= 11 is 0. The minimum Gasteiger partial charge on any atom is -0.508 e. The molecular formula is C56H57N7O11. The van der Waals surface area contributed by atoms with Crippen molar-refractivity contribution in [1.82, 2.24) is 15.8 Å². The lowest BCUT2D eigenvalue weighted by molar-refractivity contribution is -0.118.